The van der Waals surface area contributed by atoms with E-state index in [9.17, 15) is 9.59 Å². The molecule has 5 nitrogen and oxygen atoms in total. The summed E-state index contributed by atoms with van der Waals surface area (Å²) in [5.74, 6) is 0.260. The van der Waals surface area contributed by atoms with E-state index in [1.807, 2.05) is 0 Å². The molecule has 2 amide bonds. The number of nitrogens with one attached hydrogen (secondary N) is 2. The Kier molecular flexibility index (Phi) is 5.78. The summed E-state index contributed by atoms with van der Waals surface area (Å²) in [6, 6.07) is 4.04. The number of hydrogen-bond donors (Lipinski definition) is 2. The molecule has 0 saturated heterocycles. The predicted octanol–water partition coefficient (Wildman–Crippen LogP) is 4.74. The minimum atomic E-state index is -0.631. The van der Waals surface area contributed by atoms with Crippen LogP contribution in [-0.4, -0.2) is 18.1 Å². The third kappa shape index (κ3) is 4.15. The Balaban J connectivity index is 1.85. The third-order valence-corrected chi connectivity index (χ3v) is 5.74. The van der Waals surface area contributed by atoms with Crippen LogP contribution in [0.5, 0.6) is 0 Å². The SMILES string of the molecule is CC1=C(C(=O)OC2CCC(C)CC2)[C@@H](c2ccc(Cl)c(Cl)c2)NC(=O)N1. The van der Waals surface area contributed by atoms with Crippen LogP contribution in [0, 0.1) is 5.92 Å². The van der Waals surface area contributed by atoms with Gasteiger partial charge in [-0.25, -0.2) is 9.59 Å². The van der Waals surface area contributed by atoms with E-state index in [2.05, 4.69) is 17.6 Å². The van der Waals surface area contributed by atoms with E-state index in [1.165, 1.54) is 0 Å². The zero-order valence-electron chi connectivity index (χ0n) is 14.8. The van der Waals surface area contributed by atoms with Crippen LogP contribution in [0.1, 0.15) is 51.1 Å². The van der Waals surface area contributed by atoms with Gasteiger partial charge in [0.05, 0.1) is 21.7 Å². The van der Waals surface area contributed by atoms with Crippen LogP contribution in [0.4, 0.5) is 4.79 Å². The maximum Gasteiger partial charge on any atom is 0.338 e. The van der Waals surface area contributed by atoms with E-state index in [0.29, 0.717) is 32.8 Å². The number of benzene rings is 1. The number of amides is 2. The number of ether oxygens (including phenoxy) is 1. The number of carbonyl (C=O) groups excluding carboxylic acids is 2. The van der Waals surface area contributed by atoms with Gasteiger partial charge in [-0.05, 0) is 56.2 Å². The number of carbonyl (C=O) groups is 2. The van der Waals surface area contributed by atoms with Crippen molar-refractivity contribution in [3.05, 3.63) is 45.1 Å². The standard InChI is InChI=1S/C19H22Cl2N2O3/c1-10-3-6-13(7-4-10)26-18(24)16-11(2)22-19(25)23-17(16)12-5-8-14(20)15(21)9-12/h5,8-10,13,17H,3-4,6-7H2,1-2H3,(H2,22,23,25)/t10?,13?,17-/m1/s1. The van der Waals surface area contributed by atoms with Gasteiger partial charge >= 0.3 is 12.0 Å². The number of allylic oxidation sites excluding steroid dienone is 1. The van der Waals surface area contributed by atoms with Gasteiger partial charge in [-0.2, -0.15) is 0 Å². The van der Waals surface area contributed by atoms with Gasteiger partial charge in [-0.3, -0.25) is 0 Å². The first-order chi connectivity index (χ1) is 12.3. The second kappa shape index (κ2) is 7.89. The van der Waals surface area contributed by atoms with Crippen molar-refractivity contribution >= 4 is 35.2 Å². The van der Waals surface area contributed by atoms with Gasteiger partial charge in [0.2, 0.25) is 0 Å². The lowest BCUT2D eigenvalue weighted by Crippen LogP contribution is -2.45. The maximum atomic E-state index is 12.9. The largest absolute Gasteiger partial charge is 0.459 e. The van der Waals surface area contributed by atoms with Crippen LogP contribution in [0.2, 0.25) is 10.0 Å². The van der Waals surface area contributed by atoms with E-state index >= 15 is 0 Å². The van der Waals surface area contributed by atoms with Crippen molar-refractivity contribution in [3.8, 4) is 0 Å². The molecule has 0 unspecified atom stereocenters. The van der Waals surface area contributed by atoms with E-state index in [-0.39, 0.29) is 12.1 Å². The fourth-order valence-corrected chi connectivity index (χ4v) is 3.78. The summed E-state index contributed by atoms with van der Waals surface area (Å²) < 4.78 is 5.74. The minimum Gasteiger partial charge on any atom is -0.459 e. The molecular formula is C19H22Cl2N2O3. The number of rotatable bonds is 3. The normalized spacial score (nSPS) is 26.2. The molecule has 0 radical (unpaired) electrons. The van der Waals surface area contributed by atoms with Gasteiger partial charge in [0.1, 0.15) is 6.10 Å². The molecule has 0 spiro atoms. The average Bonchev–Trinajstić information content (AvgIpc) is 2.58. The summed E-state index contributed by atoms with van der Waals surface area (Å²) in [5, 5.41) is 6.20. The van der Waals surface area contributed by atoms with E-state index in [4.69, 9.17) is 27.9 Å². The Morgan fingerprint density at radius 3 is 2.50 bits per heavy atom. The van der Waals surface area contributed by atoms with Gasteiger partial charge < -0.3 is 15.4 Å². The lowest BCUT2D eigenvalue weighted by molar-refractivity contribution is -0.146. The number of hydrogen-bond acceptors (Lipinski definition) is 3. The predicted molar refractivity (Wildman–Crippen MR) is 101 cm³/mol. The summed E-state index contributed by atoms with van der Waals surface area (Å²) >= 11 is 12.1. The van der Waals surface area contributed by atoms with Gasteiger partial charge in [-0.1, -0.05) is 36.2 Å². The summed E-state index contributed by atoms with van der Waals surface area (Å²) in [5.41, 5.74) is 1.55. The Morgan fingerprint density at radius 1 is 1.15 bits per heavy atom. The number of esters is 1. The monoisotopic (exact) mass is 396 g/mol. The summed E-state index contributed by atoms with van der Waals surface area (Å²) in [6.45, 7) is 3.91. The lowest BCUT2D eigenvalue weighted by atomic mass is 9.89. The first kappa shape index (κ1) is 19.1. The highest BCUT2D eigenvalue weighted by molar-refractivity contribution is 6.42. The molecule has 1 saturated carbocycles. The third-order valence-electron chi connectivity index (χ3n) is 5.00. The van der Waals surface area contributed by atoms with Gasteiger partial charge in [0, 0.05) is 5.70 Å². The molecule has 1 aromatic rings. The quantitative estimate of drug-likeness (QED) is 0.724. The Bertz CT molecular complexity index is 755. The topological polar surface area (TPSA) is 67.4 Å². The fraction of sp³-hybridized carbons (Fsp3) is 0.474. The fourth-order valence-electron chi connectivity index (χ4n) is 3.47. The van der Waals surface area contributed by atoms with E-state index in [0.717, 1.165) is 25.7 Å². The van der Waals surface area contributed by atoms with Gasteiger partial charge in [-0.15, -0.1) is 0 Å². The zero-order chi connectivity index (χ0) is 18.8. The van der Waals surface area contributed by atoms with Gasteiger partial charge in [0.25, 0.3) is 0 Å². The second-order valence-corrected chi connectivity index (χ2v) is 7.85. The molecule has 1 fully saturated rings. The molecule has 2 N–H and O–H groups in total. The van der Waals surface area contributed by atoms with Crippen LogP contribution in [0.25, 0.3) is 0 Å². The van der Waals surface area contributed by atoms with Crippen molar-refractivity contribution < 1.29 is 14.3 Å². The molecule has 1 aliphatic carbocycles. The van der Waals surface area contributed by atoms with Crippen molar-refractivity contribution in [1.82, 2.24) is 10.6 Å². The van der Waals surface area contributed by atoms with Crippen LogP contribution in [0.3, 0.4) is 0 Å². The molecule has 1 aliphatic heterocycles. The molecule has 140 valence electrons. The first-order valence-corrected chi connectivity index (χ1v) is 9.55. The maximum absolute atomic E-state index is 12.9. The molecule has 1 heterocycles. The van der Waals surface area contributed by atoms with Gasteiger partial charge in [0.15, 0.2) is 0 Å². The Hall–Kier alpha value is -1.72. The van der Waals surface area contributed by atoms with Crippen molar-refractivity contribution in [2.24, 2.45) is 5.92 Å². The van der Waals surface area contributed by atoms with Crippen molar-refractivity contribution in [1.29, 1.82) is 0 Å². The zero-order valence-corrected chi connectivity index (χ0v) is 16.3. The smallest absolute Gasteiger partial charge is 0.338 e. The first-order valence-electron chi connectivity index (χ1n) is 8.79. The van der Waals surface area contributed by atoms with Crippen LogP contribution in [-0.2, 0) is 9.53 Å². The minimum absolute atomic E-state index is 0.0777. The Morgan fingerprint density at radius 2 is 1.85 bits per heavy atom. The van der Waals surface area contributed by atoms with E-state index in [1.54, 1.807) is 25.1 Å². The highest BCUT2D eigenvalue weighted by atomic mass is 35.5. The molecule has 3 rings (SSSR count). The molecular weight excluding hydrogens is 375 g/mol. The summed E-state index contributed by atoms with van der Waals surface area (Å²) in [6.07, 6.45) is 3.78. The molecule has 26 heavy (non-hydrogen) atoms. The Labute approximate surface area is 163 Å². The second-order valence-electron chi connectivity index (χ2n) is 7.03. The molecule has 0 bridgehead atoms. The average molecular weight is 397 g/mol. The molecule has 2 aliphatic rings. The lowest BCUT2D eigenvalue weighted by Gasteiger charge is -2.31. The van der Waals surface area contributed by atoms with Crippen molar-refractivity contribution in [3.63, 3.8) is 0 Å². The van der Waals surface area contributed by atoms with Crippen LogP contribution < -0.4 is 10.6 Å². The number of halogens is 2. The molecule has 7 heteroatoms. The summed E-state index contributed by atoms with van der Waals surface area (Å²) in [4.78, 5) is 24.8. The highest BCUT2D eigenvalue weighted by Crippen LogP contribution is 2.33. The van der Waals surface area contributed by atoms with Crippen molar-refractivity contribution in [2.75, 3.05) is 0 Å². The van der Waals surface area contributed by atoms with Crippen LogP contribution >= 0.6 is 23.2 Å². The summed E-state index contributed by atoms with van der Waals surface area (Å²) in [7, 11) is 0. The van der Waals surface area contributed by atoms with Crippen molar-refractivity contribution in [2.45, 2.75) is 51.7 Å². The number of urea groups is 1. The molecule has 1 aromatic carbocycles. The highest BCUT2D eigenvalue weighted by Gasteiger charge is 2.34. The van der Waals surface area contributed by atoms with Crippen LogP contribution in [0.15, 0.2) is 29.5 Å². The van der Waals surface area contributed by atoms with E-state index < -0.39 is 12.0 Å². The molecule has 0 aromatic heterocycles. The molecule has 1 atom stereocenters.